The minimum atomic E-state index is -0.529. The molecule has 4 aromatic rings. The molecule has 0 fully saturated rings. The first-order chi connectivity index (χ1) is 22.5. The minimum absolute atomic E-state index is 0.159. The van der Waals surface area contributed by atoms with Crippen molar-refractivity contribution >= 4 is 29.3 Å². The van der Waals surface area contributed by atoms with Gasteiger partial charge in [-0.15, -0.1) is 0 Å². The van der Waals surface area contributed by atoms with Crippen molar-refractivity contribution < 1.29 is 23.9 Å². The number of para-hydroxylation sites is 2. The van der Waals surface area contributed by atoms with Crippen LogP contribution in [0.3, 0.4) is 0 Å². The molecule has 1 atom stereocenters. The Bertz CT molecular complexity index is 1700. The summed E-state index contributed by atoms with van der Waals surface area (Å²) in [4.78, 5) is 55.7. The normalized spacial score (nSPS) is 15.6. The Morgan fingerprint density at radius 2 is 1.39 bits per heavy atom. The molecular formula is C38H37N3O5. The largest absolute Gasteiger partial charge is 0.493 e. The average molecular weight is 616 g/mol. The molecule has 46 heavy (non-hydrogen) atoms. The van der Waals surface area contributed by atoms with Crippen LogP contribution in [0.4, 0.5) is 5.69 Å². The number of carbonyl (C=O) groups is 4. The number of imide groups is 1. The van der Waals surface area contributed by atoms with E-state index in [0.717, 1.165) is 43.4 Å². The highest BCUT2D eigenvalue weighted by atomic mass is 16.5. The van der Waals surface area contributed by atoms with Crippen LogP contribution in [-0.4, -0.2) is 47.8 Å². The third-order valence-corrected chi connectivity index (χ3v) is 8.57. The number of unbranched alkanes of at least 4 members (excludes halogenated alkanes) is 3. The second-order valence-electron chi connectivity index (χ2n) is 11.6. The van der Waals surface area contributed by atoms with Crippen molar-refractivity contribution in [3.8, 4) is 5.75 Å². The van der Waals surface area contributed by atoms with Gasteiger partial charge in [0.25, 0.3) is 23.6 Å². The van der Waals surface area contributed by atoms with Gasteiger partial charge in [0, 0.05) is 17.8 Å². The molecule has 6 rings (SSSR count). The van der Waals surface area contributed by atoms with Crippen LogP contribution in [0.2, 0.25) is 0 Å². The van der Waals surface area contributed by atoms with Gasteiger partial charge in [-0.05, 0) is 80.1 Å². The Labute approximate surface area is 269 Å². The molecule has 0 aliphatic carbocycles. The molecule has 4 amide bonds. The van der Waals surface area contributed by atoms with Crippen LogP contribution in [0.15, 0.2) is 103 Å². The second kappa shape index (κ2) is 14.2. The Kier molecular flexibility index (Phi) is 9.53. The molecule has 1 N–H and O–H groups in total. The molecule has 234 valence electrons. The van der Waals surface area contributed by atoms with E-state index < -0.39 is 6.17 Å². The number of fused-ring (bicyclic) bond motifs is 2. The lowest BCUT2D eigenvalue weighted by Crippen LogP contribution is -2.51. The van der Waals surface area contributed by atoms with Crippen molar-refractivity contribution in [2.24, 2.45) is 0 Å². The van der Waals surface area contributed by atoms with Crippen molar-refractivity contribution in [1.82, 2.24) is 10.2 Å². The standard InChI is InChI=1S/C38H37N3O5/c42-35(39-34-24-14-18-27-15-6-10-22-32(27)41(34)36(43)28-16-4-3-5-17-28)31-21-9-11-23-33(31)46-26-13-2-1-12-25-40-37(44)29-19-7-8-20-30(29)38(40)45/h3-11,15-17,19-23,34H,1-2,12-14,18,24-26H2,(H,39,42). The molecule has 2 aliphatic rings. The highest BCUT2D eigenvalue weighted by molar-refractivity contribution is 6.21. The second-order valence-corrected chi connectivity index (χ2v) is 11.6. The van der Waals surface area contributed by atoms with Crippen molar-refractivity contribution in [3.05, 3.63) is 131 Å². The maximum Gasteiger partial charge on any atom is 0.261 e. The number of carbonyl (C=O) groups excluding carboxylic acids is 4. The maximum absolute atomic E-state index is 13.8. The van der Waals surface area contributed by atoms with Crippen LogP contribution in [0.1, 0.15) is 85.5 Å². The summed E-state index contributed by atoms with van der Waals surface area (Å²) in [6.07, 6.45) is 4.90. The zero-order chi connectivity index (χ0) is 31.9. The van der Waals surface area contributed by atoms with E-state index in [-0.39, 0.29) is 23.6 Å². The van der Waals surface area contributed by atoms with Gasteiger partial charge in [0.15, 0.2) is 0 Å². The summed E-state index contributed by atoms with van der Waals surface area (Å²) in [5, 5.41) is 3.14. The predicted octanol–water partition coefficient (Wildman–Crippen LogP) is 6.66. The number of benzene rings is 4. The van der Waals surface area contributed by atoms with E-state index >= 15 is 0 Å². The van der Waals surface area contributed by atoms with E-state index in [1.165, 1.54) is 4.90 Å². The lowest BCUT2D eigenvalue weighted by Gasteiger charge is -2.32. The van der Waals surface area contributed by atoms with Crippen LogP contribution in [0.25, 0.3) is 0 Å². The van der Waals surface area contributed by atoms with Gasteiger partial charge in [0.1, 0.15) is 11.9 Å². The third-order valence-electron chi connectivity index (χ3n) is 8.57. The Balaban J connectivity index is 1.04. The molecule has 0 saturated heterocycles. The van der Waals surface area contributed by atoms with Gasteiger partial charge in [-0.2, -0.15) is 0 Å². The summed E-state index contributed by atoms with van der Waals surface area (Å²) in [6, 6.07) is 31.1. The highest BCUT2D eigenvalue weighted by Gasteiger charge is 2.34. The molecule has 2 heterocycles. The zero-order valence-electron chi connectivity index (χ0n) is 25.7. The average Bonchev–Trinajstić information content (AvgIpc) is 3.21. The molecule has 1 unspecified atom stereocenters. The molecule has 0 aromatic heterocycles. The van der Waals surface area contributed by atoms with Crippen molar-refractivity contribution in [2.45, 2.75) is 51.1 Å². The Morgan fingerprint density at radius 3 is 2.17 bits per heavy atom. The topological polar surface area (TPSA) is 96.0 Å². The molecule has 0 spiro atoms. The number of aryl methyl sites for hydroxylation is 1. The van der Waals surface area contributed by atoms with Gasteiger partial charge in [-0.1, -0.05) is 73.5 Å². The first kappa shape index (κ1) is 30.8. The van der Waals surface area contributed by atoms with Crippen molar-refractivity contribution in [1.29, 1.82) is 0 Å². The zero-order valence-corrected chi connectivity index (χ0v) is 25.7. The van der Waals surface area contributed by atoms with Crippen LogP contribution in [-0.2, 0) is 6.42 Å². The lowest BCUT2D eigenvalue weighted by molar-refractivity contribution is 0.0650. The van der Waals surface area contributed by atoms with Crippen LogP contribution < -0.4 is 15.0 Å². The highest BCUT2D eigenvalue weighted by Crippen LogP contribution is 2.31. The summed E-state index contributed by atoms with van der Waals surface area (Å²) >= 11 is 0. The molecule has 0 bridgehead atoms. The Morgan fingerprint density at radius 1 is 0.739 bits per heavy atom. The first-order valence-corrected chi connectivity index (χ1v) is 16.0. The van der Waals surface area contributed by atoms with Gasteiger partial charge in [0.2, 0.25) is 0 Å². The summed E-state index contributed by atoms with van der Waals surface area (Å²) in [7, 11) is 0. The first-order valence-electron chi connectivity index (χ1n) is 16.0. The molecule has 0 radical (unpaired) electrons. The fourth-order valence-corrected chi connectivity index (χ4v) is 6.21. The van der Waals surface area contributed by atoms with Crippen molar-refractivity contribution in [3.63, 3.8) is 0 Å². The number of amides is 4. The predicted molar refractivity (Wildman–Crippen MR) is 176 cm³/mol. The van der Waals surface area contributed by atoms with E-state index in [1.54, 1.807) is 59.5 Å². The number of hydrogen-bond acceptors (Lipinski definition) is 5. The van der Waals surface area contributed by atoms with E-state index in [2.05, 4.69) is 5.32 Å². The molecule has 2 aliphatic heterocycles. The smallest absolute Gasteiger partial charge is 0.261 e. The molecule has 8 nitrogen and oxygen atoms in total. The Hall–Kier alpha value is -5.24. The minimum Gasteiger partial charge on any atom is -0.493 e. The van der Waals surface area contributed by atoms with Crippen LogP contribution in [0.5, 0.6) is 5.75 Å². The number of anilines is 1. The van der Waals surface area contributed by atoms with E-state index in [1.807, 2.05) is 48.5 Å². The molecule has 0 saturated carbocycles. The van der Waals surface area contributed by atoms with Gasteiger partial charge in [-0.25, -0.2) is 0 Å². The monoisotopic (exact) mass is 615 g/mol. The summed E-state index contributed by atoms with van der Waals surface area (Å²) < 4.78 is 6.07. The van der Waals surface area contributed by atoms with E-state index in [0.29, 0.717) is 54.0 Å². The number of nitrogens with one attached hydrogen (secondary N) is 1. The molecule has 4 aromatic carbocycles. The summed E-state index contributed by atoms with van der Waals surface area (Å²) in [5.74, 6) is -0.417. The van der Waals surface area contributed by atoms with Gasteiger partial charge in [0.05, 0.1) is 23.3 Å². The number of ether oxygens (including phenoxy) is 1. The lowest BCUT2D eigenvalue weighted by atomic mass is 10.1. The quantitative estimate of drug-likeness (QED) is 0.150. The summed E-state index contributed by atoms with van der Waals surface area (Å²) in [6.45, 7) is 0.818. The molecule has 8 heteroatoms. The number of hydrogen-bond donors (Lipinski definition) is 1. The summed E-state index contributed by atoms with van der Waals surface area (Å²) in [5.41, 5.74) is 3.82. The van der Waals surface area contributed by atoms with E-state index in [4.69, 9.17) is 4.74 Å². The number of rotatable bonds is 11. The maximum atomic E-state index is 13.8. The van der Waals surface area contributed by atoms with Crippen LogP contribution >= 0.6 is 0 Å². The molecular weight excluding hydrogens is 578 g/mol. The van der Waals surface area contributed by atoms with Gasteiger partial charge < -0.3 is 10.1 Å². The van der Waals surface area contributed by atoms with Gasteiger partial charge >= 0.3 is 0 Å². The SMILES string of the molecule is O=C(NC1CCCc2ccccc2N1C(=O)c1ccccc1)c1ccccc1OCCCCCCN1C(=O)c2ccccc2C1=O. The third kappa shape index (κ3) is 6.56. The van der Waals surface area contributed by atoms with Crippen LogP contribution in [0, 0.1) is 0 Å². The van der Waals surface area contributed by atoms with E-state index in [9.17, 15) is 19.2 Å². The van der Waals surface area contributed by atoms with Gasteiger partial charge in [-0.3, -0.25) is 29.0 Å². The fraction of sp³-hybridized carbons (Fsp3) is 0.263. The van der Waals surface area contributed by atoms with Crippen molar-refractivity contribution in [2.75, 3.05) is 18.1 Å². The fourth-order valence-electron chi connectivity index (χ4n) is 6.21. The number of nitrogens with zero attached hydrogens (tertiary/aromatic N) is 2.